The van der Waals surface area contributed by atoms with Gasteiger partial charge < -0.3 is 4.74 Å². The summed E-state index contributed by atoms with van der Waals surface area (Å²) < 4.78 is 40.2. The molecule has 0 bridgehead atoms. The smallest absolute Gasteiger partial charge is 0.422 e. The van der Waals surface area contributed by atoms with Crippen LogP contribution in [0.15, 0.2) is 24.3 Å². The van der Waals surface area contributed by atoms with Gasteiger partial charge in [-0.3, -0.25) is 0 Å². The van der Waals surface area contributed by atoms with E-state index in [-0.39, 0.29) is 5.75 Å². The highest BCUT2D eigenvalue weighted by molar-refractivity contribution is 5.27. The quantitative estimate of drug-likeness (QED) is 0.766. The fourth-order valence-corrected chi connectivity index (χ4v) is 1.36. The second kappa shape index (κ2) is 5.23. The first kappa shape index (κ1) is 12.9. The van der Waals surface area contributed by atoms with E-state index >= 15 is 0 Å². The van der Waals surface area contributed by atoms with Crippen molar-refractivity contribution in [1.29, 1.82) is 0 Å². The number of benzene rings is 1. The Labute approximate surface area is 93.2 Å². The zero-order valence-electron chi connectivity index (χ0n) is 9.34. The molecule has 0 unspecified atom stereocenters. The summed E-state index contributed by atoms with van der Waals surface area (Å²) in [5.41, 5.74) is 1.11. The van der Waals surface area contributed by atoms with Crippen molar-refractivity contribution in [2.24, 2.45) is 5.92 Å². The van der Waals surface area contributed by atoms with Gasteiger partial charge in [0.2, 0.25) is 0 Å². The summed E-state index contributed by atoms with van der Waals surface area (Å²) in [4.78, 5) is 0. The summed E-state index contributed by atoms with van der Waals surface area (Å²) in [7, 11) is 0. The Morgan fingerprint density at radius 2 is 1.69 bits per heavy atom. The summed E-state index contributed by atoms with van der Waals surface area (Å²) in [6.45, 7) is 2.94. The van der Waals surface area contributed by atoms with Gasteiger partial charge in [-0.2, -0.15) is 13.2 Å². The lowest BCUT2D eigenvalue weighted by molar-refractivity contribution is -0.153. The number of hydrogen-bond donors (Lipinski definition) is 0. The van der Waals surface area contributed by atoms with Crippen molar-refractivity contribution in [3.05, 3.63) is 29.8 Å². The van der Waals surface area contributed by atoms with Crippen LogP contribution in [0.4, 0.5) is 13.2 Å². The fraction of sp³-hybridized carbons (Fsp3) is 0.500. The zero-order chi connectivity index (χ0) is 12.2. The predicted octanol–water partition coefficient (Wildman–Crippen LogP) is 3.83. The largest absolute Gasteiger partial charge is 0.484 e. The molecule has 1 aromatic carbocycles. The molecular formula is C12H15F3O. The predicted molar refractivity (Wildman–Crippen MR) is 56.5 cm³/mol. The van der Waals surface area contributed by atoms with E-state index in [1.54, 1.807) is 24.3 Å². The highest BCUT2D eigenvalue weighted by atomic mass is 19.4. The van der Waals surface area contributed by atoms with Crippen molar-refractivity contribution in [2.45, 2.75) is 26.4 Å². The molecule has 0 aliphatic rings. The van der Waals surface area contributed by atoms with Gasteiger partial charge in [0.05, 0.1) is 0 Å². The first-order chi connectivity index (χ1) is 7.37. The monoisotopic (exact) mass is 232 g/mol. The summed E-state index contributed by atoms with van der Waals surface area (Å²) in [6.07, 6.45) is -3.36. The third kappa shape index (κ3) is 5.05. The average molecular weight is 232 g/mol. The second-order valence-corrected chi connectivity index (χ2v) is 4.15. The summed E-state index contributed by atoms with van der Waals surface area (Å²) >= 11 is 0. The molecule has 0 atom stereocenters. The van der Waals surface area contributed by atoms with Gasteiger partial charge in [-0.1, -0.05) is 26.0 Å². The maximum atomic E-state index is 11.9. The molecule has 16 heavy (non-hydrogen) atoms. The lowest BCUT2D eigenvalue weighted by atomic mass is 10.0. The fourth-order valence-electron chi connectivity index (χ4n) is 1.36. The van der Waals surface area contributed by atoms with Crippen molar-refractivity contribution in [3.63, 3.8) is 0 Å². The van der Waals surface area contributed by atoms with Crippen LogP contribution in [0.2, 0.25) is 0 Å². The minimum Gasteiger partial charge on any atom is -0.484 e. The van der Waals surface area contributed by atoms with Crippen LogP contribution in [0.3, 0.4) is 0 Å². The first-order valence-electron chi connectivity index (χ1n) is 5.15. The Morgan fingerprint density at radius 3 is 2.12 bits per heavy atom. The summed E-state index contributed by atoms with van der Waals surface area (Å²) in [6, 6.07) is 6.74. The lowest BCUT2D eigenvalue weighted by Gasteiger charge is -2.10. The molecule has 0 fully saturated rings. The lowest BCUT2D eigenvalue weighted by Crippen LogP contribution is -2.19. The molecule has 1 nitrogen and oxygen atoms in total. The van der Waals surface area contributed by atoms with Crippen LogP contribution in [-0.4, -0.2) is 12.8 Å². The van der Waals surface area contributed by atoms with Crippen LogP contribution in [-0.2, 0) is 6.42 Å². The third-order valence-electron chi connectivity index (χ3n) is 1.97. The number of ether oxygens (including phenoxy) is 1. The van der Waals surface area contributed by atoms with Gasteiger partial charge in [-0.25, -0.2) is 0 Å². The molecule has 1 aromatic rings. The SMILES string of the molecule is CC(C)Cc1ccc(OCC(F)(F)F)cc1. The van der Waals surface area contributed by atoms with Gasteiger partial charge in [0.15, 0.2) is 6.61 Å². The molecule has 0 heterocycles. The number of alkyl halides is 3. The Bertz CT molecular complexity index is 314. The zero-order valence-corrected chi connectivity index (χ0v) is 9.34. The molecule has 0 aromatic heterocycles. The number of hydrogen-bond acceptors (Lipinski definition) is 1. The molecule has 0 aliphatic heterocycles. The topological polar surface area (TPSA) is 9.23 Å². The van der Waals surface area contributed by atoms with Crippen LogP contribution in [0.5, 0.6) is 5.75 Å². The van der Waals surface area contributed by atoms with E-state index in [2.05, 4.69) is 18.6 Å². The molecule has 0 spiro atoms. The molecule has 4 heteroatoms. The van der Waals surface area contributed by atoms with E-state index in [1.807, 2.05) is 0 Å². The molecule has 0 amide bonds. The van der Waals surface area contributed by atoms with Gasteiger partial charge in [0, 0.05) is 0 Å². The van der Waals surface area contributed by atoms with E-state index in [0.717, 1.165) is 12.0 Å². The van der Waals surface area contributed by atoms with Crippen LogP contribution < -0.4 is 4.74 Å². The Kier molecular flexibility index (Phi) is 4.21. The molecule has 1 rings (SSSR count). The highest BCUT2D eigenvalue weighted by Crippen LogP contribution is 2.19. The highest BCUT2D eigenvalue weighted by Gasteiger charge is 2.28. The molecule has 0 saturated heterocycles. The summed E-state index contributed by atoms with van der Waals surface area (Å²) in [5.74, 6) is 0.784. The van der Waals surface area contributed by atoms with E-state index in [9.17, 15) is 13.2 Å². The molecule has 0 N–H and O–H groups in total. The van der Waals surface area contributed by atoms with E-state index in [0.29, 0.717) is 5.92 Å². The van der Waals surface area contributed by atoms with Crippen molar-refractivity contribution in [3.8, 4) is 5.75 Å². The van der Waals surface area contributed by atoms with Gasteiger partial charge in [-0.05, 0) is 30.0 Å². The first-order valence-corrected chi connectivity index (χ1v) is 5.15. The molecular weight excluding hydrogens is 217 g/mol. The van der Waals surface area contributed by atoms with Crippen LogP contribution in [0.1, 0.15) is 19.4 Å². The molecule has 90 valence electrons. The number of rotatable bonds is 4. The van der Waals surface area contributed by atoms with Gasteiger partial charge in [0.1, 0.15) is 5.75 Å². The van der Waals surface area contributed by atoms with Crippen LogP contribution in [0, 0.1) is 5.92 Å². The van der Waals surface area contributed by atoms with Gasteiger partial charge in [-0.15, -0.1) is 0 Å². The molecule has 0 aliphatic carbocycles. The Morgan fingerprint density at radius 1 is 1.12 bits per heavy atom. The molecule has 0 radical (unpaired) electrons. The standard InChI is InChI=1S/C12H15F3O/c1-9(2)7-10-3-5-11(6-4-10)16-8-12(13,14)15/h3-6,9H,7-8H2,1-2H3. The van der Waals surface area contributed by atoms with Gasteiger partial charge in [0.25, 0.3) is 0 Å². The molecule has 0 saturated carbocycles. The van der Waals surface area contributed by atoms with E-state index in [1.165, 1.54) is 0 Å². The minimum absolute atomic E-state index is 0.254. The van der Waals surface area contributed by atoms with E-state index < -0.39 is 12.8 Å². The Hall–Kier alpha value is -1.19. The summed E-state index contributed by atoms with van der Waals surface area (Å²) in [5, 5.41) is 0. The third-order valence-corrected chi connectivity index (χ3v) is 1.97. The van der Waals surface area contributed by atoms with Crippen molar-refractivity contribution in [1.82, 2.24) is 0 Å². The average Bonchev–Trinajstić information content (AvgIpc) is 2.14. The number of halogens is 3. The normalized spacial score (nSPS) is 11.9. The van der Waals surface area contributed by atoms with Crippen LogP contribution in [0.25, 0.3) is 0 Å². The van der Waals surface area contributed by atoms with Crippen molar-refractivity contribution >= 4 is 0 Å². The Balaban J connectivity index is 2.51. The minimum atomic E-state index is -4.28. The van der Waals surface area contributed by atoms with Gasteiger partial charge >= 0.3 is 6.18 Å². The van der Waals surface area contributed by atoms with Crippen LogP contribution >= 0.6 is 0 Å². The maximum absolute atomic E-state index is 11.9. The maximum Gasteiger partial charge on any atom is 0.422 e. The second-order valence-electron chi connectivity index (χ2n) is 4.15. The van der Waals surface area contributed by atoms with E-state index in [4.69, 9.17) is 0 Å². The van der Waals surface area contributed by atoms with Crippen molar-refractivity contribution in [2.75, 3.05) is 6.61 Å². The van der Waals surface area contributed by atoms with Crippen molar-refractivity contribution < 1.29 is 17.9 Å².